The highest BCUT2D eigenvalue weighted by Crippen LogP contribution is 2.28. The Morgan fingerprint density at radius 2 is 1.50 bits per heavy atom. The average molecular weight is 275 g/mol. The van der Waals surface area contributed by atoms with Gasteiger partial charge >= 0.3 is 0 Å². The molecule has 0 amide bonds. The van der Waals surface area contributed by atoms with E-state index in [1.54, 1.807) is 26.1 Å². The maximum Gasteiger partial charge on any atom is 0.164 e. The van der Waals surface area contributed by atoms with Crippen molar-refractivity contribution < 1.29 is 8.78 Å². The Labute approximate surface area is 118 Å². The molecule has 20 heavy (non-hydrogen) atoms. The van der Waals surface area contributed by atoms with Crippen LogP contribution >= 0.6 is 0 Å². The molecule has 2 aromatic carbocycles. The zero-order valence-corrected chi connectivity index (χ0v) is 12.2. The lowest BCUT2D eigenvalue weighted by molar-refractivity contribution is 0.482. The summed E-state index contributed by atoms with van der Waals surface area (Å²) in [5.41, 5.74) is 3.90. The van der Waals surface area contributed by atoms with Crippen molar-refractivity contribution in [3.8, 4) is 0 Å². The molecule has 0 radical (unpaired) electrons. The third-order valence-electron chi connectivity index (χ3n) is 3.77. The van der Waals surface area contributed by atoms with E-state index < -0.39 is 11.6 Å². The van der Waals surface area contributed by atoms with E-state index in [2.05, 4.69) is 5.32 Å². The summed E-state index contributed by atoms with van der Waals surface area (Å²) in [6.07, 6.45) is 0. The predicted octanol–water partition coefficient (Wildman–Crippen LogP) is 4.20. The van der Waals surface area contributed by atoms with Gasteiger partial charge in [0.25, 0.3) is 0 Å². The summed E-state index contributed by atoms with van der Waals surface area (Å²) in [5, 5.41) is 3.06. The Balaban J connectivity index is 2.52. The van der Waals surface area contributed by atoms with Gasteiger partial charge in [0.1, 0.15) is 0 Å². The Hall–Kier alpha value is -1.74. The Bertz CT molecular complexity index is 635. The second kappa shape index (κ2) is 5.71. The molecule has 106 valence electrons. The van der Waals surface area contributed by atoms with Crippen LogP contribution in [0.2, 0.25) is 0 Å². The van der Waals surface area contributed by atoms with Crippen LogP contribution in [0.4, 0.5) is 8.78 Å². The molecule has 2 aromatic rings. The lowest BCUT2D eigenvalue weighted by atomic mass is 9.94. The van der Waals surface area contributed by atoms with E-state index in [4.69, 9.17) is 0 Å². The first-order valence-electron chi connectivity index (χ1n) is 6.64. The number of hydrogen-bond acceptors (Lipinski definition) is 1. The summed E-state index contributed by atoms with van der Waals surface area (Å²) in [6.45, 7) is 5.60. The first kappa shape index (κ1) is 14.7. The van der Waals surface area contributed by atoms with Crippen molar-refractivity contribution in [2.75, 3.05) is 7.05 Å². The van der Waals surface area contributed by atoms with Gasteiger partial charge in [-0.2, -0.15) is 0 Å². The normalized spacial score (nSPS) is 12.5. The minimum atomic E-state index is -0.775. The Kier molecular flexibility index (Phi) is 4.19. The first-order chi connectivity index (χ1) is 9.45. The van der Waals surface area contributed by atoms with Crippen LogP contribution in [0.25, 0.3) is 0 Å². The third kappa shape index (κ3) is 2.59. The van der Waals surface area contributed by atoms with Crippen LogP contribution in [0.1, 0.15) is 33.9 Å². The van der Waals surface area contributed by atoms with Crippen molar-refractivity contribution in [3.63, 3.8) is 0 Å². The van der Waals surface area contributed by atoms with Crippen LogP contribution in [-0.2, 0) is 0 Å². The molecule has 0 bridgehead atoms. The van der Waals surface area contributed by atoms with Gasteiger partial charge in [0.2, 0.25) is 0 Å². The highest BCUT2D eigenvalue weighted by molar-refractivity contribution is 5.38. The topological polar surface area (TPSA) is 12.0 Å². The van der Waals surface area contributed by atoms with Gasteiger partial charge in [0, 0.05) is 5.56 Å². The molecule has 0 saturated carbocycles. The van der Waals surface area contributed by atoms with Gasteiger partial charge in [-0.05, 0) is 50.1 Å². The predicted molar refractivity (Wildman–Crippen MR) is 77.9 cm³/mol. The molecule has 0 spiro atoms. The summed E-state index contributed by atoms with van der Waals surface area (Å²) in [6, 6.07) is 8.85. The quantitative estimate of drug-likeness (QED) is 0.885. The van der Waals surface area contributed by atoms with Crippen LogP contribution in [-0.4, -0.2) is 7.05 Å². The van der Waals surface area contributed by atoms with E-state index in [9.17, 15) is 8.78 Å². The number of halogens is 2. The van der Waals surface area contributed by atoms with Crippen molar-refractivity contribution in [2.24, 2.45) is 0 Å². The maximum absolute atomic E-state index is 14.2. The van der Waals surface area contributed by atoms with Gasteiger partial charge < -0.3 is 5.32 Å². The monoisotopic (exact) mass is 275 g/mol. The van der Waals surface area contributed by atoms with Gasteiger partial charge in [0.15, 0.2) is 11.6 Å². The number of hydrogen-bond donors (Lipinski definition) is 1. The number of benzene rings is 2. The summed E-state index contributed by atoms with van der Waals surface area (Å²) < 4.78 is 27.9. The van der Waals surface area contributed by atoms with Gasteiger partial charge in [-0.25, -0.2) is 8.78 Å². The van der Waals surface area contributed by atoms with Crippen LogP contribution in [0, 0.1) is 32.4 Å². The van der Waals surface area contributed by atoms with E-state index in [0.717, 1.165) is 11.1 Å². The smallest absolute Gasteiger partial charge is 0.164 e. The fourth-order valence-corrected chi connectivity index (χ4v) is 2.33. The van der Waals surface area contributed by atoms with E-state index in [1.807, 2.05) is 32.0 Å². The number of aryl methyl sites for hydroxylation is 3. The Morgan fingerprint density at radius 3 is 2.10 bits per heavy atom. The van der Waals surface area contributed by atoms with Crippen LogP contribution in [0.5, 0.6) is 0 Å². The van der Waals surface area contributed by atoms with Crippen molar-refractivity contribution in [2.45, 2.75) is 26.8 Å². The van der Waals surface area contributed by atoms with Crippen molar-refractivity contribution in [1.29, 1.82) is 0 Å². The molecule has 1 atom stereocenters. The van der Waals surface area contributed by atoms with Crippen molar-refractivity contribution in [1.82, 2.24) is 5.32 Å². The molecule has 1 nitrogen and oxygen atoms in total. The number of rotatable bonds is 3. The number of nitrogens with one attached hydrogen (secondary N) is 1. The van der Waals surface area contributed by atoms with E-state index in [1.165, 1.54) is 5.56 Å². The third-order valence-corrected chi connectivity index (χ3v) is 3.77. The fraction of sp³-hybridized carbons (Fsp3) is 0.294. The van der Waals surface area contributed by atoms with Crippen LogP contribution in [0.3, 0.4) is 0 Å². The lowest BCUT2D eigenvalue weighted by Crippen LogP contribution is -2.20. The zero-order chi connectivity index (χ0) is 14.9. The molecule has 1 N–H and O–H groups in total. The minimum absolute atomic E-state index is 0.321. The minimum Gasteiger partial charge on any atom is -0.309 e. The molecule has 2 rings (SSSR count). The van der Waals surface area contributed by atoms with Crippen LogP contribution in [0.15, 0.2) is 30.3 Å². The van der Waals surface area contributed by atoms with E-state index in [-0.39, 0.29) is 6.04 Å². The van der Waals surface area contributed by atoms with E-state index >= 15 is 0 Å². The lowest BCUT2D eigenvalue weighted by Gasteiger charge is -2.19. The van der Waals surface area contributed by atoms with Gasteiger partial charge in [0.05, 0.1) is 6.04 Å². The largest absolute Gasteiger partial charge is 0.309 e. The van der Waals surface area contributed by atoms with Gasteiger partial charge in [-0.1, -0.05) is 30.3 Å². The molecular weight excluding hydrogens is 256 g/mol. The van der Waals surface area contributed by atoms with Gasteiger partial charge in [-0.3, -0.25) is 0 Å². The second-order valence-electron chi connectivity index (χ2n) is 5.17. The molecule has 0 aliphatic rings. The fourth-order valence-electron chi connectivity index (χ4n) is 2.33. The van der Waals surface area contributed by atoms with E-state index in [0.29, 0.717) is 11.1 Å². The van der Waals surface area contributed by atoms with Crippen molar-refractivity contribution in [3.05, 3.63) is 69.8 Å². The molecule has 0 aromatic heterocycles. The Morgan fingerprint density at radius 1 is 0.850 bits per heavy atom. The molecule has 1 unspecified atom stereocenters. The average Bonchev–Trinajstić information content (AvgIpc) is 2.43. The summed E-state index contributed by atoms with van der Waals surface area (Å²) in [5.74, 6) is -1.55. The molecule has 0 fully saturated rings. The second-order valence-corrected chi connectivity index (χ2v) is 5.17. The molecule has 3 heteroatoms. The standard InChI is InChI=1S/C17H19F2N/c1-10-5-7-13(9-12(10)3)17(20-4)14-8-6-11(2)15(18)16(14)19/h5-9,17,20H,1-4H3. The molecule has 0 aliphatic carbocycles. The summed E-state index contributed by atoms with van der Waals surface area (Å²) >= 11 is 0. The molecule has 0 saturated heterocycles. The highest BCUT2D eigenvalue weighted by atomic mass is 19.2. The first-order valence-corrected chi connectivity index (χ1v) is 6.64. The maximum atomic E-state index is 14.2. The molecule has 0 aliphatic heterocycles. The highest BCUT2D eigenvalue weighted by Gasteiger charge is 2.20. The zero-order valence-electron chi connectivity index (χ0n) is 12.2. The van der Waals surface area contributed by atoms with Crippen molar-refractivity contribution >= 4 is 0 Å². The summed E-state index contributed by atoms with van der Waals surface area (Å²) in [4.78, 5) is 0. The molecular formula is C17H19F2N. The van der Waals surface area contributed by atoms with Gasteiger partial charge in [-0.15, -0.1) is 0 Å². The summed E-state index contributed by atoms with van der Waals surface area (Å²) in [7, 11) is 1.75. The molecule has 0 heterocycles. The van der Waals surface area contributed by atoms with Crippen LogP contribution < -0.4 is 5.32 Å². The SMILES string of the molecule is CNC(c1ccc(C)c(C)c1)c1ccc(C)c(F)c1F.